The molecule has 1 saturated heterocycles. The van der Waals surface area contributed by atoms with E-state index in [1.165, 1.54) is 4.90 Å². The summed E-state index contributed by atoms with van der Waals surface area (Å²) in [4.78, 5) is 18.1. The Kier molecular flexibility index (Phi) is 6.57. The fourth-order valence-corrected chi connectivity index (χ4v) is 2.86. The van der Waals surface area contributed by atoms with Crippen LogP contribution in [0, 0.1) is 6.92 Å². The SMILES string of the molecule is CCOC(C)OC(c1noc(C)n1)[C@@H]1C[C@H](F)CN1C(=O)OC(C)(C)C. The molecule has 26 heavy (non-hydrogen) atoms. The molecule has 4 atom stereocenters. The number of carbonyl (C=O) groups excluding carboxylic acids is 1. The minimum absolute atomic E-state index is 0.0701. The molecule has 0 N–H and O–H groups in total. The first-order chi connectivity index (χ1) is 12.1. The molecule has 1 aromatic rings. The number of hydrogen-bond donors (Lipinski definition) is 0. The van der Waals surface area contributed by atoms with Crippen molar-refractivity contribution in [2.24, 2.45) is 0 Å². The molecular weight excluding hydrogens is 345 g/mol. The maximum absolute atomic E-state index is 14.2. The normalized spacial score (nSPS) is 23.1. The van der Waals surface area contributed by atoms with E-state index in [0.29, 0.717) is 12.5 Å². The van der Waals surface area contributed by atoms with E-state index in [-0.39, 0.29) is 18.8 Å². The highest BCUT2D eigenvalue weighted by Crippen LogP contribution is 2.34. The van der Waals surface area contributed by atoms with Crippen molar-refractivity contribution in [3.63, 3.8) is 0 Å². The van der Waals surface area contributed by atoms with Crippen LogP contribution in [0.15, 0.2) is 4.52 Å². The summed E-state index contributed by atoms with van der Waals surface area (Å²) in [5.74, 6) is 0.609. The number of amides is 1. The van der Waals surface area contributed by atoms with Crippen molar-refractivity contribution in [2.75, 3.05) is 13.2 Å². The lowest BCUT2D eigenvalue weighted by atomic mass is 10.1. The smallest absolute Gasteiger partial charge is 0.410 e. The number of nitrogens with zero attached hydrogens (tertiary/aromatic N) is 3. The molecule has 1 fully saturated rings. The summed E-state index contributed by atoms with van der Waals surface area (Å²) in [6, 6.07) is -0.625. The van der Waals surface area contributed by atoms with Gasteiger partial charge in [0, 0.05) is 20.0 Å². The Balaban J connectivity index is 2.26. The van der Waals surface area contributed by atoms with Crippen molar-refractivity contribution in [3.8, 4) is 0 Å². The lowest BCUT2D eigenvalue weighted by Gasteiger charge is -2.32. The molecule has 0 spiro atoms. The zero-order valence-electron chi connectivity index (χ0n) is 16.2. The first kappa shape index (κ1) is 20.6. The van der Waals surface area contributed by atoms with Crippen LogP contribution in [0.25, 0.3) is 0 Å². The number of hydrogen-bond acceptors (Lipinski definition) is 7. The fourth-order valence-electron chi connectivity index (χ4n) is 2.86. The molecule has 0 aromatic carbocycles. The molecule has 1 aliphatic heterocycles. The van der Waals surface area contributed by atoms with Crippen molar-refractivity contribution < 1.29 is 27.9 Å². The molecule has 148 valence electrons. The quantitative estimate of drug-likeness (QED) is 0.708. The Hall–Kier alpha value is -1.74. The molecule has 2 heterocycles. The van der Waals surface area contributed by atoms with Crippen LogP contribution in [0.2, 0.25) is 0 Å². The van der Waals surface area contributed by atoms with E-state index < -0.39 is 36.3 Å². The number of likely N-dealkylation sites (tertiary alicyclic amines) is 1. The minimum atomic E-state index is -1.19. The molecule has 1 aliphatic rings. The van der Waals surface area contributed by atoms with Crippen LogP contribution in [0.1, 0.15) is 58.9 Å². The minimum Gasteiger partial charge on any atom is -0.444 e. The molecule has 2 unspecified atom stereocenters. The van der Waals surface area contributed by atoms with Crippen molar-refractivity contribution in [1.82, 2.24) is 15.0 Å². The van der Waals surface area contributed by atoms with Gasteiger partial charge in [-0.3, -0.25) is 4.90 Å². The average Bonchev–Trinajstić information content (AvgIpc) is 3.09. The van der Waals surface area contributed by atoms with Crippen LogP contribution >= 0.6 is 0 Å². The maximum Gasteiger partial charge on any atom is 0.410 e. The number of alkyl halides is 1. The summed E-state index contributed by atoms with van der Waals surface area (Å²) in [6.45, 7) is 10.9. The van der Waals surface area contributed by atoms with Crippen LogP contribution in [0.5, 0.6) is 0 Å². The highest BCUT2D eigenvalue weighted by atomic mass is 19.1. The number of aryl methyl sites for hydroxylation is 1. The van der Waals surface area contributed by atoms with Crippen LogP contribution in [0.3, 0.4) is 0 Å². The number of halogens is 1. The summed E-state index contributed by atoms with van der Waals surface area (Å²) < 4.78 is 36.0. The second-order valence-corrected chi connectivity index (χ2v) is 7.28. The Bertz CT molecular complexity index is 603. The monoisotopic (exact) mass is 373 g/mol. The average molecular weight is 373 g/mol. The molecule has 0 saturated carbocycles. The van der Waals surface area contributed by atoms with Crippen molar-refractivity contribution >= 4 is 6.09 Å². The topological polar surface area (TPSA) is 86.9 Å². The molecule has 9 heteroatoms. The van der Waals surface area contributed by atoms with E-state index in [9.17, 15) is 9.18 Å². The second kappa shape index (κ2) is 8.30. The number of carbonyl (C=O) groups is 1. The molecule has 0 aliphatic carbocycles. The predicted octanol–water partition coefficient (Wildman–Crippen LogP) is 3.17. The lowest BCUT2D eigenvalue weighted by Crippen LogP contribution is -2.44. The Morgan fingerprint density at radius 1 is 1.46 bits per heavy atom. The molecule has 1 aromatic heterocycles. The summed E-state index contributed by atoms with van der Waals surface area (Å²) in [6.07, 6.45) is -3.06. The largest absolute Gasteiger partial charge is 0.444 e. The number of rotatable bonds is 6. The highest BCUT2D eigenvalue weighted by molar-refractivity contribution is 5.69. The van der Waals surface area contributed by atoms with Gasteiger partial charge in [-0.1, -0.05) is 5.16 Å². The van der Waals surface area contributed by atoms with Crippen LogP contribution in [-0.2, 0) is 14.2 Å². The van der Waals surface area contributed by atoms with Crippen LogP contribution < -0.4 is 0 Å². The highest BCUT2D eigenvalue weighted by Gasteiger charge is 2.45. The third-order valence-corrected chi connectivity index (χ3v) is 3.81. The standard InChI is InChI=1S/C17H28FN3O5/c1-7-23-11(3)24-14(15-19-10(2)26-20-15)13-8-12(18)9-21(13)16(22)25-17(4,5)6/h11-14H,7-9H2,1-6H3/t11?,12-,13-,14?/m0/s1. The van der Waals surface area contributed by atoms with Gasteiger partial charge >= 0.3 is 6.09 Å². The third-order valence-electron chi connectivity index (χ3n) is 3.81. The number of ether oxygens (including phenoxy) is 3. The fraction of sp³-hybridized carbons (Fsp3) is 0.824. The Morgan fingerprint density at radius 2 is 2.15 bits per heavy atom. The number of aromatic nitrogens is 2. The van der Waals surface area contributed by atoms with Gasteiger partial charge in [0.25, 0.3) is 0 Å². The molecule has 1 amide bonds. The summed E-state index contributed by atoms with van der Waals surface area (Å²) in [7, 11) is 0. The van der Waals surface area contributed by atoms with Gasteiger partial charge in [0.15, 0.2) is 6.29 Å². The van der Waals surface area contributed by atoms with Crippen molar-refractivity contribution in [1.29, 1.82) is 0 Å². The maximum atomic E-state index is 14.2. The lowest BCUT2D eigenvalue weighted by molar-refractivity contribution is -0.174. The van der Waals surface area contributed by atoms with Gasteiger partial charge in [-0.05, 0) is 34.6 Å². The van der Waals surface area contributed by atoms with Gasteiger partial charge in [0.2, 0.25) is 11.7 Å². The second-order valence-electron chi connectivity index (χ2n) is 7.28. The first-order valence-electron chi connectivity index (χ1n) is 8.81. The Morgan fingerprint density at radius 3 is 2.69 bits per heavy atom. The van der Waals surface area contributed by atoms with Crippen molar-refractivity contribution in [2.45, 2.75) is 78.2 Å². The van der Waals surface area contributed by atoms with E-state index in [2.05, 4.69) is 10.1 Å². The molecule has 0 bridgehead atoms. The summed E-state index contributed by atoms with van der Waals surface area (Å²) in [5.41, 5.74) is -0.687. The van der Waals surface area contributed by atoms with Gasteiger partial charge in [-0.2, -0.15) is 4.98 Å². The molecule has 2 rings (SSSR count). The van der Waals surface area contributed by atoms with E-state index >= 15 is 0 Å². The predicted molar refractivity (Wildman–Crippen MR) is 90.2 cm³/mol. The molecule has 0 radical (unpaired) electrons. The molecular formula is C17H28FN3O5. The third kappa shape index (κ3) is 5.38. The van der Waals surface area contributed by atoms with Gasteiger partial charge in [-0.25, -0.2) is 9.18 Å². The van der Waals surface area contributed by atoms with Crippen LogP contribution in [0.4, 0.5) is 9.18 Å². The zero-order valence-corrected chi connectivity index (χ0v) is 16.2. The van der Waals surface area contributed by atoms with E-state index in [1.54, 1.807) is 34.6 Å². The van der Waals surface area contributed by atoms with E-state index in [1.807, 2.05) is 6.92 Å². The van der Waals surface area contributed by atoms with Gasteiger partial charge in [0.05, 0.1) is 12.6 Å². The first-order valence-corrected chi connectivity index (χ1v) is 8.81. The van der Waals surface area contributed by atoms with Gasteiger partial charge < -0.3 is 18.7 Å². The van der Waals surface area contributed by atoms with E-state index in [4.69, 9.17) is 18.7 Å². The summed E-state index contributed by atoms with van der Waals surface area (Å²) in [5, 5.41) is 3.90. The van der Waals surface area contributed by atoms with Crippen molar-refractivity contribution in [3.05, 3.63) is 11.7 Å². The summed E-state index contributed by atoms with van der Waals surface area (Å²) >= 11 is 0. The van der Waals surface area contributed by atoms with Crippen LogP contribution in [-0.4, -0.2) is 58.4 Å². The van der Waals surface area contributed by atoms with Gasteiger partial charge in [-0.15, -0.1) is 0 Å². The van der Waals surface area contributed by atoms with Gasteiger partial charge in [0.1, 0.15) is 17.9 Å². The molecule has 8 nitrogen and oxygen atoms in total. The zero-order chi connectivity index (χ0) is 19.5. The van der Waals surface area contributed by atoms with E-state index in [0.717, 1.165) is 0 Å². The Labute approximate surface area is 153 Å².